The Labute approximate surface area is 164 Å². The van der Waals surface area contributed by atoms with Crippen molar-refractivity contribution >= 4 is 49.3 Å². The molecule has 28 heavy (non-hydrogen) atoms. The molecule has 4 rings (SSSR count). The van der Waals surface area contributed by atoms with Crippen LogP contribution in [0.3, 0.4) is 0 Å². The zero-order valence-electron chi connectivity index (χ0n) is 14.8. The Balaban J connectivity index is 2.08. The minimum Gasteiger partial charge on any atom is -0.495 e. The van der Waals surface area contributed by atoms with E-state index < -0.39 is 15.5 Å². The summed E-state index contributed by atoms with van der Waals surface area (Å²) in [6.07, 6.45) is 1.32. The minimum absolute atomic E-state index is 0.0264. The number of sulfonamides is 1. The Morgan fingerprint density at radius 3 is 2.50 bits per heavy atom. The number of benzene rings is 2. The first kappa shape index (κ1) is 18.4. The summed E-state index contributed by atoms with van der Waals surface area (Å²) in [7, 11) is -2.79. The number of nitrogens with one attached hydrogen (secondary N) is 1. The van der Waals surface area contributed by atoms with Gasteiger partial charge < -0.3 is 13.6 Å². The summed E-state index contributed by atoms with van der Waals surface area (Å²) < 4.78 is 45.4. The monoisotopic (exact) mass is 419 g/mol. The van der Waals surface area contributed by atoms with Crippen molar-refractivity contribution in [1.82, 2.24) is 0 Å². The number of ether oxygens (including phenoxy) is 1. The third-order valence-corrected chi connectivity index (χ3v) is 5.85. The van der Waals surface area contributed by atoms with E-state index in [0.29, 0.717) is 16.1 Å². The maximum absolute atomic E-state index is 13.2. The van der Waals surface area contributed by atoms with Crippen LogP contribution in [0.4, 0.5) is 5.69 Å². The number of halogens is 1. The lowest BCUT2D eigenvalue weighted by Crippen LogP contribution is -2.15. The van der Waals surface area contributed by atoms with Gasteiger partial charge in [-0.2, -0.15) is 0 Å². The Kier molecular flexibility index (Phi) is 4.32. The van der Waals surface area contributed by atoms with Crippen LogP contribution >= 0.6 is 11.6 Å². The van der Waals surface area contributed by atoms with Crippen LogP contribution in [0.2, 0.25) is 5.02 Å². The molecule has 144 valence electrons. The lowest BCUT2D eigenvalue weighted by molar-refractivity contribution is 0.422. The van der Waals surface area contributed by atoms with Gasteiger partial charge in [0, 0.05) is 16.8 Å². The molecule has 2 heterocycles. The standard InChI is InChI=1S/C19H14ClNO6S/c1-10-9-14(22)15-16(25-2)13-7-8-26-17(13)19(18(15)27-10)28(23,24)21-12-5-3-11(20)4-6-12/h3-9,21H,1-2H3. The average Bonchev–Trinajstić information content (AvgIpc) is 3.10. The highest BCUT2D eigenvalue weighted by molar-refractivity contribution is 7.93. The highest BCUT2D eigenvalue weighted by Crippen LogP contribution is 2.40. The Morgan fingerprint density at radius 1 is 1.11 bits per heavy atom. The first-order valence-electron chi connectivity index (χ1n) is 8.12. The largest absolute Gasteiger partial charge is 0.495 e. The Bertz CT molecular complexity index is 1370. The van der Waals surface area contributed by atoms with Crippen LogP contribution < -0.4 is 14.9 Å². The average molecular weight is 420 g/mol. The van der Waals surface area contributed by atoms with Gasteiger partial charge in [-0.05, 0) is 37.3 Å². The molecular weight excluding hydrogens is 406 g/mol. The molecule has 7 nitrogen and oxygen atoms in total. The molecular formula is C19H14ClNO6S. The first-order valence-corrected chi connectivity index (χ1v) is 9.98. The summed E-state index contributed by atoms with van der Waals surface area (Å²) in [5.74, 6) is 0.450. The van der Waals surface area contributed by atoms with Gasteiger partial charge in [-0.25, -0.2) is 8.42 Å². The van der Waals surface area contributed by atoms with Crippen LogP contribution in [0.5, 0.6) is 5.75 Å². The van der Waals surface area contributed by atoms with Gasteiger partial charge in [0.15, 0.2) is 21.5 Å². The SMILES string of the molecule is COc1c2ccoc2c(S(=O)(=O)Nc2ccc(Cl)cc2)c2oc(C)cc(=O)c12. The lowest BCUT2D eigenvalue weighted by Gasteiger charge is -2.13. The summed E-state index contributed by atoms with van der Waals surface area (Å²) in [6, 6.07) is 8.96. The van der Waals surface area contributed by atoms with Crippen molar-refractivity contribution < 1.29 is 22.0 Å². The summed E-state index contributed by atoms with van der Waals surface area (Å²) in [4.78, 5) is 12.3. The van der Waals surface area contributed by atoms with E-state index in [2.05, 4.69) is 4.72 Å². The third-order valence-electron chi connectivity index (χ3n) is 4.19. The van der Waals surface area contributed by atoms with Crippen molar-refractivity contribution in [2.24, 2.45) is 0 Å². The molecule has 9 heteroatoms. The predicted molar refractivity (Wildman–Crippen MR) is 106 cm³/mol. The Hall–Kier alpha value is -2.97. The lowest BCUT2D eigenvalue weighted by atomic mass is 10.1. The number of hydrogen-bond donors (Lipinski definition) is 1. The van der Waals surface area contributed by atoms with Crippen LogP contribution in [0.1, 0.15) is 5.76 Å². The molecule has 0 unspecified atom stereocenters. The third kappa shape index (κ3) is 2.90. The van der Waals surface area contributed by atoms with E-state index >= 15 is 0 Å². The molecule has 0 radical (unpaired) electrons. The van der Waals surface area contributed by atoms with E-state index in [1.54, 1.807) is 19.1 Å². The molecule has 0 atom stereocenters. The molecule has 2 aromatic carbocycles. The van der Waals surface area contributed by atoms with Gasteiger partial charge >= 0.3 is 0 Å². The summed E-state index contributed by atoms with van der Waals surface area (Å²) >= 11 is 5.85. The molecule has 0 amide bonds. The number of methoxy groups -OCH3 is 1. The van der Waals surface area contributed by atoms with Crippen molar-refractivity contribution in [2.45, 2.75) is 11.8 Å². The van der Waals surface area contributed by atoms with Gasteiger partial charge in [0.1, 0.15) is 16.9 Å². The summed E-state index contributed by atoms with van der Waals surface area (Å²) in [5.41, 5.74) is -0.227. The quantitative estimate of drug-likeness (QED) is 0.529. The highest BCUT2D eigenvalue weighted by atomic mass is 35.5. The fraction of sp³-hybridized carbons (Fsp3) is 0.105. The Morgan fingerprint density at radius 2 is 1.82 bits per heavy atom. The number of rotatable bonds is 4. The van der Waals surface area contributed by atoms with Gasteiger partial charge in [0.25, 0.3) is 10.0 Å². The fourth-order valence-electron chi connectivity index (χ4n) is 3.07. The van der Waals surface area contributed by atoms with Crippen molar-refractivity contribution in [2.75, 3.05) is 11.8 Å². The molecule has 1 N–H and O–H groups in total. The van der Waals surface area contributed by atoms with Crippen LogP contribution in [0.15, 0.2) is 61.2 Å². The van der Waals surface area contributed by atoms with Gasteiger partial charge in [0.2, 0.25) is 0 Å². The molecule has 0 aliphatic rings. The molecule has 0 spiro atoms. The topological polar surface area (TPSA) is 98.8 Å². The zero-order chi connectivity index (χ0) is 20.1. The van der Waals surface area contributed by atoms with E-state index in [0.717, 1.165) is 0 Å². The number of anilines is 1. The van der Waals surface area contributed by atoms with Crippen molar-refractivity contribution in [3.8, 4) is 5.75 Å². The second-order valence-corrected chi connectivity index (χ2v) is 8.12. The van der Waals surface area contributed by atoms with Crippen LogP contribution in [0, 0.1) is 6.92 Å². The van der Waals surface area contributed by atoms with E-state index in [1.165, 1.54) is 37.6 Å². The smallest absolute Gasteiger partial charge is 0.269 e. The molecule has 0 saturated carbocycles. The van der Waals surface area contributed by atoms with Crippen LogP contribution in [-0.4, -0.2) is 15.5 Å². The molecule has 0 fully saturated rings. The molecule has 0 aliphatic carbocycles. The molecule has 0 aliphatic heterocycles. The van der Waals surface area contributed by atoms with Crippen LogP contribution in [-0.2, 0) is 10.0 Å². The fourth-order valence-corrected chi connectivity index (χ4v) is 4.53. The van der Waals surface area contributed by atoms with E-state index in [9.17, 15) is 13.2 Å². The maximum Gasteiger partial charge on any atom is 0.269 e. The summed E-state index contributed by atoms with van der Waals surface area (Å²) in [5, 5.41) is 0.842. The molecule has 0 saturated heterocycles. The molecule has 0 bridgehead atoms. The minimum atomic E-state index is -4.18. The highest BCUT2D eigenvalue weighted by Gasteiger charge is 2.30. The molecule has 4 aromatic rings. The number of fused-ring (bicyclic) bond motifs is 2. The van der Waals surface area contributed by atoms with Crippen LogP contribution in [0.25, 0.3) is 21.9 Å². The van der Waals surface area contributed by atoms with Gasteiger partial charge in [-0.15, -0.1) is 0 Å². The first-order chi connectivity index (χ1) is 13.3. The van der Waals surface area contributed by atoms with Gasteiger partial charge in [0.05, 0.1) is 18.8 Å². The van der Waals surface area contributed by atoms with Gasteiger partial charge in [-0.1, -0.05) is 11.6 Å². The number of furan rings is 1. The van der Waals surface area contributed by atoms with E-state index in [-0.39, 0.29) is 33.0 Å². The number of hydrogen-bond acceptors (Lipinski definition) is 6. The second-order valence-electron chi connectivity index (χ2n) is 6.06. The van der Waals surface area contributed by atoms with Crippen molar-refractivity contribution in [1.29, 1.82) is 0 Å². The maximum atomic E-state index is 13.2. The number of aryl methyl sites for hydroxylation is 1. The summed E-state index contributed by atoms with van der Waals surface area (Å²) in [6.45, 7) is 1.56. The predicted octanol–water partition coefficient (Wildman–Crippen LogP) is 4.31. The van der Waals surface area contributed by atoms with E-state index in [4.69, 9.17) is 25.2 Å². The normalized spacial score (nSPS) is 11.8. The van der Waals surface area contributed by atoms with Crippen molar-refractivity contribution in [3.05, 3.63) is 63.7 Å². The van der Waals surface area contributed by atoms with E-state index in [1.807, 2.05) is 0 Å². The zero-order valence-corrected chi connectivity index (χ0v) is 16.3. The second kappa shape index (κ2) is 6.57. The van der Waals surface area contributed by atoms with Gasteiger partial charge in [-0.3, -0.25) is 9.52 Å². The van der Waals surface area contributed by atoms with Crippen molar-refractivity contribution in [3.63, 3.8) is 0 Å². The molecule has 2 aromatic heterocycles.